The van der Waals surface area contributed by atoms with E-state index in [1.165, 1.54) is 36.0 Å². The second-order valence-electron chi connectivity index (χ2n) is 8.13. The zero-order valence-corrected chi connectivity index (χ0v) is 18.3. The van der Waals surface area contributed by atoms with E-state index in [4.69, 9.17) is 11.6 Å². The van der Waals surface area contributed by atoms with Crippen molar-refractivity contribution in [3.63, 3.8) is 0 Å². The molecule has 32 heavy (non-hydrogen) atoms. The molecule has 1 aliphatic heterocycles. The molecule has 0 amide bonds. The first-order chi connectivity index (χ1) is 15.4. The molecule has 0 bridgehead atoms. The van der Waals surface area contributed by atoms with Crippen molar-refractivity contribution in [3.8, 4) is 0 Å². The standard InChI is InChI=1S/C24H19ClF2N2O2S/c25-22-20(32-19-7-2-1-6-18(19)29(30)31)12-16-21(22)15-4-3-5-17(27)24(15)28-23(16)13-8-10-14(26)11-9-13/h1-11,16,20-23,28H,12H2/t16-,20-,21+,22+,23-/m1/s1. The Bertz CT molecular complexity index is 1180. The third-order valence-corrected chi connectivity index (χ3v) is 8.48. The van der Waals surface area contributed by atoms with Crippen LogP contribution < -0.4 is 5.32 Å². The van der Waals surface area contributed by atoms with Gasteiger partial charge >= 0.3 is 0 Å². The Hall–Kier alpha value is -2.64. The second kappa shape index (κ2) is 8.37. The normalized spacial score (nSPS) is 26.2. The maximum Gasteiger partial charge on any atom is 0.282 e. The van der Waals surface area contributed by atoms with Crippen LogP contribution in [0.4, 0.5) is 20.2 Å². The average Bonchev–Trinajstić information content (AvgIpc) is 3.11. The zero-order chi connectivity index (χ0) is 22.4. The molecular weight excluding hydrogens is 454 g/mol. The molecule has 0 radical (unpaired) electrons. The average molecular weight is 473 g/mol. The summed E-state index contributed by atoms with van der Waals surface area (Å²) in [7, 11) is 0. The van der Waals surface area contributed by atoms with E-state index in [-0.39, 0.29) is 50.7 Å². The van der Waals surface area contributed by atoms with Gasteiger partial charge in [-0.15, -0.1) is 23.4 Å². The largest absolute Gasteiger partial charge is 0.375 e. The number of halogens is 3. The monoisotopic (exact) mass is 472 g/mol. The Balaban J connectivity index is 1.54. The van der Waals surface area contributed by atoms with Crippen molar-refractivity contribution >= 4 is 34.7 Å². The summed E-state index contributed by atoms with van der Waals surface area (Å²) in [5.41, 5.74) is 2.15. The number of hydrogen-bond donors (Lipinski definition) is 1. The molecule has 5 atom stereocenters. The highest BCUT2D eigenvalue weighted by atomic mass is 35.5. The quantitative estimate of drug-likeness (QED) is 0.254. The Morgan fingerprint density at radius 3 is 2.53 bits per heavy atom. The topological polar surface area (TPSA) is 55.2 Å². The third kappa shape index (κ3) is 3.63. The molecule has 3 aromatic rings. The minimum absolute atomic E-state index is 0.0255. The van der Waals surface area contributed by atoms with Gasteiger partial charge in [0, 0.05) is 17.2 Å². The van der Waals surface area contributed by atoms with Crippen LogP contribution in [0.3, 0.4) is 0 Å². The van der Waals surface area contributed by atoms with Gasteiger partial charge in [0.1, 0.15) is 11.6 Å². The van der Waals surface area contributed by atoms with Crippen LogP contribution >= 0.6 is 23.4 Å². The van der Waals surface area contributed by atoms with E-state index in [0.29, 0.717) is 17.0 Å². The van der Waals surface area contributed by atoms with Gasteiger partial charge in [0.25, 0.3) is 5.69 Å². The Morgan fingerprint density at radius 1 is 1.03 bits per heavy atom. The third-order valence-electron chi connectivity index (χ3n) is 6.37. The summed E-state index contributed by atoms with van der Waals surface area (Å²) in [6.07, 6.45) is 0.681. The fourth-order valence-electron chi connectivity index (χ4n) is 4.98. The molecule has 1 N–H and O–H groups in total. The van der Waals surface area contributed by atoms with Crippen LogP contribution in [0.25, 0.3) is 0 Å². The lowest BCUT2D eigenvalue weighted by atomic mass is 9.77. The number of alkyl halides is 1. The van der Waals surface area contributed by atoms with Crippen molar-refractivity contribution < 1.29 is 13.7 Å². The predicted molar refractivity (Wildman–Crippen MR) is 122 cm³/mol. The molecule has 0 aromatic heterocycles. The van der Waals surface area contributed by atoms with Crippen LogP contribution in [-0.4, -0.2) is 15.6 Å². The summed E-state index contributed by atoms with van der Waals surface area (Å²) in [5, 5.41) is 14.3. The van der Waals surface area contributed by atoms with Crippen molar-refractivity contribution in [1.82, 2.24) is 0 Å². The number of fused-ring (bicyclic) bond motifs is 3. The van der Waals surface area contributed by atoms with E-state index in [1.54, 1.807) is 36.4 Å². The lowest BCUT2D eigenvalue weighted by Gasteiger charge is -2.38. The molecule has 3 aromatic carbocycles. The van der Waals surface area contributed by atoms with Crippen molar-refractivity contribution in [1.29, 1.82) is 0 Å². The summed E-state index contributed by atoms with van der Waals surface area (Å²) in [6, 6.07) is 17.6. The Morgan fingerprint density at radius 2 is 1.78 bits per heavy atom. The van der Waals surface area contributed by atoms with Crippen molar-refractivity contribution in [2.45, 2.75) is 33.9 Å². The van der Waals surface area contributed by atoms with Crippen molar-refractivity contribution in [2.75, 3.05) is 5.32 Å². The van der Waals surface area contributed by atoms with E-state index in [9.17, 15) is 18.9 Å². The number of nitro groups is 1. The molecule has 0 unspecified atom stereocenters. The van der Waals surface area contributed by atoms with E-state index >= 15 is 0 Å². The number of rotatable bonds is 4. The van der Waals surface area contributed by atoms with Gasteiger partial charge in [-0.25, -0.2) is 8.78 Å². The molecule has 1 fully saturated rings. The Kier molecular flexibility index (Phi) is 5.55. The highest BCUT2D eigenvalue weighted by Gasteiger charge is 2.50. The molecule has 4 nitrogen and oxygen atoms in total. The van der Waals surface area contributed by atoms with Gasteiger partial charge in [0.05, 0.1) is 26.9 Å². The molecule has 1 heterocycles. The highest BCUT2D eigenvalue weighted by Crippen LogP contribution is 2.58. The first-order valence-corrected chi connectivity index (χ1v) is 11.6. The van der Waals surface area contributed by atoms with Gasteiger partial charge in [0.2, 0.25) is 0 Å². The number of anilines is 1. The molecule has 164 valence electrons. The van der Waals surface area contributed by atoms with Crippen LogP contribution in [0.1, 0.15) is 29.5 Å². The molecule has 0 saturated heterocycles. The van der Waals surface area contributed by atoms with Crippen LogP contribution in [0, 0.1) is 27.7 Å². The van der Waals surface area contributed by atoms with Gasteiger partial charge in [0.15, 0.2) is 0 Å². The van der Waals surface area contributed by atoms with Crippen LogP contribution in [0.5, 0.6) is 0 Å². The van der Waals surface area contributed by atoms with E-state index in [0.717, 1.165) is 11.1 Å². The van der Waals surface area contributed by atoms with Gasteiger partial charge in [-0.1, -0.05) is 36.4 Å². The molecule has 5 rings (SSSR count). The Labute approximate surface area is 193 Å². The maximum atomic E-state index is 14.7. The summed E-state index contributed by atoms with van der Waals surface area (Å²) in [5.74, 6) is -0.803. The summed E-state index contributed by atoms with van der Waals surface area (Å²) in [6.45, 7) is 0. The minimum Gasteiger partial charge on any atom is -0.375 e. The number of para-hydroxylation sites is 2. The fourth-order valence-corrected chi connectivity index (χ4v) is 6.92. The zero-order valence-electron chi connectivity index (χ0n) is 16.8. The van der Waals surface area contributed by atoms with E-state index in [1.807, 2.05) is 6.07 Å². The fraction of sp³-hybridized carbons (Fsp3) is 0.250. The summed E-state index contributed by atoms with van der Waals surface area (Å²) in [4.78, 5) is 11.7. The van der Waals surface area contributed by atoms with Gasteiger partial charge < -0.3 is 5.32 Å². The first kappa shape index (κ1) is 21.2. The number of nitrogens with zero attached hydrogens (tertiary/aromatic N) is 1. The number of nitro benzene ring substituents is 1. The first-order valence-electron chi connectivity index (χ1n) is 10.3. The summed E-state index contributed by atoms with van der Waals surface area (Å²) < 4.78 is 28.3. The SMILES string of the molecule is O=[N+]([O-])c1ccccc1S[C@@H]1C[C@@H]2[C@H](c3cccc(F)c3N[C@@H]2c2ccc(F)cc2)[C@H]1Cl. The van der Waals surface area contributed by atoms with Crippen LogP contribution in [-0.2, 0) is 0 Å². The van der Waals surface area contributed by atoms with Crippen LogP contribution in [0.2, 0.25) is 0 Å². The van der Waals surface area contributed by atoms with Gasteiger partial charge in [-0.3, -0.25) is 10.1 Å². The summed E-state index contributed by atoms with van der Waals surface area (Å²) >= 11 is 8.39. The van der Waals surface area contributed by atoms with Crippen LogP contribution in [0.15, 0.2) is 71.6 Å². The van der Waals surface area contributed by atoms with Gasteiger partial charge in [-0.05, 0) is 47.7 Å². The van der Waals surface area contributed by atoms with Gasteiger partial charge in [-0.2, -0.15) is 0 Å². The second-order valence-corrected chi connectivity index (χ2v) is 9.91. The smallest absolute Gasteiger partial charge is 0.282 e. The minimum atomic E-state index is -0.388. The number of nitrogens with one attached hydrogen (secondary N) is 1. The highest BCUT2D eigenvalue weighted by molar-refractivity contribution is 8.00. The van der Waals surface area contributed by atoms with E-state index < -0.39 is 0 Å². The lowest BCUT2D eigenvalue weighted by Crippen LogP contribution is -2.31. The predicted octanol–water partition coefficient (Wildman–Crippen LogP) is 6.91. The van der Waals surface area contributed by atoms with Crippen molar-refractivity contribution in [3.05, 3.63) is 99.6 Å². The molecule has 0 spiro atoms. The number of thioether (sulfide) groups is 1. The number of benzene rings is 3. The maximum absolute atomic E-state index is 14.7. The number of hydrogen-bond acceptors (Lipinski definition) is 4. The molecule has 1 saturated carbocycles. The lowest BCUT2D eigenvalue weighted by molar-refractivity contribution is -0.387. The van der Waals surface area contributed by atoms with Crippen molar-refractivity contribution in [2.24, 2.45) is 5.92 Å². The molecule has 2 aliphatic rings. The molecular formula is C24H19ClF2N2O2S. The molecule has 8 heteroatoms. The molecule has 1 aliphatic carbocycles. The van der Waals surface area contributed by atoms with E-state index in [2.05, 4.69) is 5.32 Å².